The highest BCUT2D eigenvalue weighted by Crippen LogP contribution is 2.08. The van der Waals surface area contributed by atoms with Crippen molar-refractivity contribution in [3.05, 3.63) is 56.1 Å². The molecule has 1 rings (SSSR count). The van der Waals surface area contributed by atoms with Gasteiger partial charge in [0.1, 0.15) is 18.8 Å². The molecule has 11 heteroatoms. The predicted octanol–water partition coefficient (Wildman–Crippen LogP) is 1.06. The van der Waals surface area contributed by atoms with Crippen LogP contribution in [0.3, 0.4) is 0 Å². The van der Waals surface area contributed by atoms with Gasteiger partial charge in [-0.25, -0.2) is 0 Å². The van der Waals surface area contributed by atoms with Gasteiger partial charge in [0, 0.05) is 0 Å². The van der Waals surface area contributed by atoms with Gasteiger partial charge in [-0.2, -0.15) is 0 Å². The van der Waals surface area contributed by atoms with Crippen molar-refractivity contribution in [3.63, 3.8) is 0 Å². The Morgan fingerprint density at radius 1 is 1.12 bits per heavy atom. The van der Waals surface area contributed by atoms with Crippen molar-refractivity contribution in [2.45, 2.75) is 37.8 Å². The second-order valence-electron chi connectivity index (χ2n) is 5.43. The standard InChI is InChI=1S/C15H21N3O8/c16-14(10-12-6-2-1-3-7-12)15(19)24-9-5-4-8-13(26-18(22)23)11-25-17(20)21/h1-3,6-7,13-14H,4-5,8-11,16H2/t13-,14+/m1/s1. The Labute approximate surface area is 149 Å². The van der Waals surface area contributed by atoms with Crippen LogP contribution in [0.4, 0.5) is 0 Å². The molecule has 2 N–H and O–H groups in total. The first-order chi connectivity index (χ1) is 12.4. The van der Waals surface area contributed by atoms with Crippen molar-refractivity contribution in [2.24, 2.45) is 5.73 Å². The molecule has 0 bridgehead atoms. The number of esters is 1. The number of nitrogens with two attached hydrogens (primary N) is 1. The topological polar surface area (TPSA) is 157 Å². The Morgan fingerprint density at radius 3 is 2.42 bits per heavy atom. The Morgan fingerprint density at radius 2 is 1.81 bits per heavy atom. The van der Waals surface area contributed by atoms with Crippen LogP contribution in [0.15, 0.2) is 30.3 Å². The lowest BCUT2D eigenvalue weighted by Crippen LogP contribution is -2.34. The molecule has 0 aliphatic heterocycles. The number of benzene rings is 1. The maximum Gasteiger partial charge on any atom is 0.323 e. The van der Waals surface area contributed by atoms with Crippen LogP contribution in [0.2, 0.25) is 0 Å². The van der Waals surface area contributed by atoms with E-state index < -0.39 is 34.9 Å². The maximum atomic E-state index is 11.8. The quantitative estimate of drug-likeness (QED) is 0.231. The van der Waals surface area contributed by atoms with E-state index in [1.54, 1.807) is 0 Å². The molecule has 11 nitrogen and oxygen atoms in total. The molecule has 0 saturated carbocycles. The van der Waals surface area contributed by atoms with E-state index in [2.05, 4.69) is 9.68 Å². The maximum absolute atomic E-state index is 11.8. The molecule has 144 valence electrons. The zero-order chi connectivity index (χ0) is 19.4. The van der Waals surface area contributed by atoms with Gasteiger partial charge in [0.2, 0.25) is 0 Å². The largest absolute Gasteiger partial charge is 0.465 e. The monoisotopic (exact) mass is 371 g/mol. The van der Waals surface area contributed by atoms with Crippen molar-refractivity contribution in [1.82, 2.24) is 0 Å². The van der Waals surface area contributed by atoms with Gasteiger partial charge >= 0.3 is 5.97 Å². The predicted molar refractivity (Wildman–Crippen MR) is 87.7 cm³/mol. The average Bonchev–Trinajstić information content (AvgIpc) is 2.59. The van der Waals surface area contributed by atoms with Gasteiger partial charge < -0.3 is 20.1 Å². The van der Waals surface area contributed by atoms with E-state index in [0.29, 0.717) is 19.3 Å². The molecule has 0 heterocycles. The molecule has 1 aromatic carbocycles. The molecule has 0 radical (unpaired) electrons. The van der Waals surface area contributed by atoms with Crippen LogP contribution < -0.4 is 5.73 Å². The Balaban J connectivity index is 2.23. The number of hydrogen-bond acceptors (Lipinski definition) is 9. The van der Waals surface area contributed by atoms with Crippen LogP contribution in [-0.2, 0) is 25.6 Å². The first kappa shape index (κ1) is 21.1. The average molecular weight is 371 g/mol. The van der Waals surface area contributed by atoms with Crippen LogP contribution in [0, 0.1) is 20.2 Å². The fraction of sp³-hybridized carbons (Fsp3) is 0.533. The lowest BCUT2D eigenvalue weighted by atomic mass is 10.1. The molecular weight excluding hydrogens is 350 g/mol. The van der Waals surface area contributed by atoms with Gasteiger partial charge in [-0.1, -0.05) is 30.3 Å². The van der Waals surface area contributed by atoms with E-state index in [1.807, 2.05) is 30.3 Å². The lowest BCUT2D eigenvalue weighted by Gasteiger charge is -2.14. The van der Waals surface area contributed by atoms with Crippen molar-refractivity contribution in [2.75, 3.05) is 13.2 Å². The van der Waals surface area contributed by atoms with Crippen molar-refractivity contribution in [1.29, 1.82) is 0 Å². The fourth-order valence-electron chi connectivity index (χ4n) is 2.14. The zero-order valence-corrected chi connectivity index (χ0v) is 14.0. The number of rotatable bonds is 13. The van der Waals surface area contributed by atoms with Crippen molar-refractivity contribution >= 4 is 5.97 Å². The molecule has 0 saturated heterocycles. The third-order valence-electron chi connectivity index (χ3n) is 3.37. The van der Waals surface area contributed by atoms with Crippen LogP contribution in [-0.4, -0.2) is 41.5 Å². The third-order valence-corrected chi connectivity index (χ3v) is 3.37. The summed E-state index contributed by atoms with van der Waals surface area (Å²) in [5.41, 5.74) is 6.70. The first-order valence-corrected chi connectivity index (χ1v) is 7.93. The van der Waals surface area contributed by atoms with Crippen molar-refractivity contribution < 1.29 is 29.4 Å². The van der Waals surface area contributed by atoms with E-state index in [9.17, 15) is 25.0 Å². The van der Waals surface area contributed by atoms with E-state index in [4.69, 9.17) is 10.5 Å². The van der Waals surface area contributed by atoms with Gasteiger partial charge in [0.05, 0.1) is 6.61 Å². The Bertz CT molecular complexity index is 584. The normalized spacial score (nSPS) is 12.7. The molecule has 0 unspecified atom stereocenters. The highest BCUT2D eigenvalue weighted by Gasteiger charge is 2.17. The second-order valence-corrected chi connectivity index (χ2v) is 5.43. The van der Waals surface area contributed by atoms with Crippen molar-refractivity contribution in [3.8, 4) is 0 Å². The molecular formula is C15H21N3O8. The number of hydrogen-bond donors (Lipinski definition) is 1. The van der Waals surface area contributed by atoms with Crippen LogP contribution in [0.1, 0.15) is 24.8 Å². The summed E-state index contributed by atoms with van der Waals surface area (Å²) in [4.78, 5) is 40.6. The van der Waals surface area contributed by atoms with Gasteiger partial charge in [-0.15, -0.1) is 20.2 Å². The summed E-state index contributed by atoms with van der Waals surface area (Å²) in [6, 6.07) is 8.49. The fourth-order valence-corrected chi connectivity index (χ4v) is 2.14. The number of carbonyl (C=O) groups excluding carboxylic acids is 1. The minimum Gasteiger partial charge on any atom is -0.465 e. The summed E-state index contributed by atoms with van der Waals surface area (Å²) in [7, 11) is 0. The number of carbonyl (C=O) groups is 1. The Kier molecular flexibility index (Phi) is 9.39. The minimum absolute atomic E-state index is 0.0859. The Hall–Kier alpha value is -2.95. The molecule has 26 heavy (non-hydrogen) atoms. The van der Waals surface area contributed by atoms with Gasteiger partial charge in [-0.05, 0) is 31.2 Å². The molecule has 0 aliphatic carbocycles. The smallest absolute Gasteiger partial charge is 0.323 e. The lowest BCUT2D eigenvalue weighted by molar-refractivity contribution is -0.790. The zero-order valence-electron chi connectivity index (χ0n) is 14.0. The summed E-state index contributed by atoms with van der Waals surface area (Å²) in [5, 5.41) is 18.4. The summed E-state index contributed by atoms with van der Waals surface area (Å²) in [6.45, 7) is -0.460. The molecule has 0 aliphatic rings. The van der Waals surface area contributed by atoms with Crippen LogP contribution >= 0.6 is 0 Å². The highest BCUT2D eigenvalue weighted by atomic mass is 17.0. The van der Waals surface area contributed by atoms with Gasteiger partial charge in [0.25, 0.3) is 10.2 Å². The summed E-state index contributed by atoms with van der Waals surface area (Å²) >= 11 is 0. The summed E-state index contributed by atoms with van der Waals surface area (Å²) in [5.74, 6) is -0.538. The summed E-state index contributed by atoms with van der Waals surface area (Å²) in [6.07, 6.45) is 0.228. The van der Waals surface area contributed by atoms with E-state index in [0.717, 1.165) is 5.56 Å². The number of ether oxygens (including phenoxy) is 1. The highest BCUT2D eigenvalue weighted by molar-refractivity contribution is 5.75. The molecule has 1 aromatic rings. The second kappa shape index (κ2) is 11.6. The first-order valence-electron chi connectivity index (χ1n) is 7.93. The molecule has 2 atom stereocenters. The van der Waals surface area contributed by atoms with Gasteiger partial charge in [-0.3, -0.25) is 4.79 Å². The van der Waals surface area contributed by atoms with Crippen LogP contribution in [0.25, 0.3) is 0 Å². The molecule has 0 spiro atoms. The third kappa shape index (κ3) is 9.37. The molecule has 0 fully saturated rings. The SMILES string of the molecule is N[C@@H](Cc1ccccc1)C(=O)OCCCC[C@H](CO[N+](=O)[O-])O[N+](=O)[O-]. The molecule has 0 amide bonds. The van der Waals surface area contributed by atoms with Crippen LogP contribution in [0.5, 0.6) is 0 Å². The minimum atomic E-state index is -1.06. The van der Waals surface area contributed by atoms with Gasteiger partial charge in [0.15, 0.2) is 0 Å². The number of unbranched alkanes of at least 4 members (excludes halogenated alkanes) is 1. The van der Waals surface area contributed by atoms with E-state index >= 15 is 0 Å². The summed E-state index contributed by atoms with van der Waals surface area (Å²) < 4.78 is 5.06. The molecule has 0 aromatic heterocycles. The van der Waals surface area contributed by atoms with E-state index in [-0.39, 0.29) is 13.0 Å². The van der Waals surface area contributed by atoms with E-state index in [1.165, 1.54) is 0 Å². The number of nitrogens with zero attached hydrogens (tertiary/aromatic N) is 2.